The van der Waals surface area contributed by atoms with Gasteiger partial charge in [-0.3, -0.25) is 0 Å². The second-order valence-corrected chi connectivity index (χ2v) is 4.76. The monoisotopic (exact) mass is 274 g/mol. The van der Waals surface area contributed by atoms with Crippen molar-refractivity contribution in [1.82, 2.24) is 10.3 Å². The molecule has 0 aliphatic heterocycles. The standard InChI is InChI=1S/C16H22N2O2/c1-4-19-11-12(2)20-16-9-13(10-17-3)14-7-5-6-8-15(14)18-16/h5-9,12,17H,4,10-11H2,1-3H3. The number of hydrogen-bond acceptors (Lipinski definition) is 4. The van der Waals surface area contributed by atoms with Crippen molar-refractivity contribution in [2.45, 2.75) is 26.5 Å². The maximum absolute atomic E-state index is 5.85. The van der Waals surface area contributed by atoms with Gasteiger partial charge in [0.2, 0.25) is 5.88 Å². The van der Waals surface area contributed by atoms with E-state index in [1.54, 1.807) is 0 Å². The van der Waals surface area contributed by atoms with Crippen LogP contribution in [0.5, 0.6) is 5.88 Å². The first kappa shape index (κ1) is 14.8. The van der Waals surface area contributed by atoms with E-state index in [0.717, 1.165) is 17.4 Å². The van der Waals surface area contributed by atoms with Crippen molar-refractivity contribution in [1.29, 1.82) is 0 Å². The Bertz CT molecular complexity index is 557. The molecule has 1 N–H and O–H groups in total. The van der Waals surface area contributed by atoms with Crippen molar-refractivity contribution in [3.8, 4) is 5.88 Å². The molecule has 0 radical (unpaired) electrons. The molecule has 1 atom stereocenters. The summed E-state index contributed by atoms with van der Waals surface area (Å²) in [6, 6.07) is 10.1. The van der Waals surface area contributed by atoms with E-state index in [2.05, 4.69) is 16.4 Å². The van der Waals surface area contributed by atoms with E-state index >= 15 is 0 Å². The number of benzene rings is 1. The average Bonchev–Trinajstić information content (AvgIpc) is 2.45. The van der Waals surface area contributed by atoms with Crippen LogP contribution in [0.25, 0.3) is 10.9 Å². The van der Waals surface area contributed by atoms with Crippen LogP contribution in [-0.2, 0) is 11.3 Å². The number of hydrogen-bond donors (Lipinski definition) is 1. The lowest BCUT2D eigenvalue weighted by Gasteiger charge is -2.15. The van der Waals surface area contributed by atoms with E-state index in [1.807, 2.05) is 45.2 Å². The van der Waals surface area contributed by atoms with E-state index in [-0.39, 0.29) is 6.10 Å². The van der Waals surface area contributed by atoms with Gasteiger partial charge in [-0.25, -0.2) is 4.98 Å². The molecule has 0 bridgehead atoms. The number of fused-ring (bicyclic) bond motifs is 1. The molecule has 0 spiro atoms. The first-order valence-corrected chi connectivity index (χ1v) is 7.02. The minimum absolute atomic E-state index is 0.00829. The second kappa shape index (κ2) is 7.22. The van der Waals surface area contributed by atoms with Crippen LogP contribution in [0, 0.1) is 0 Å². The number of nitrogens with one attached hydrogen (secondary N) is 1. The quantitative estimate of drug-likeness (QED) is 0.843. The van der Waals surface area contributed by atoms with Crippen LogP contribution >= 0.6 is 0 Å². The van der Waals surface area contributed by atoms with Crippen molar-refractivity contribution < 1.29 is 9.47 Å². The van der Waals surface area contributed by atoms with E-state index in [4.69, 9.17) is 9.47 Å². The van der Waals surface area contributed by atoms with Crippen LogP contribution in [0.15, 0.2) is 30.3 Å². The summed E-state index contributed by atoms with van der Waals surface area (Å²) >= 11 is 0. The van der Waals surface area contributed by atoms with Gasteiger partial charge in [-0.2, -0.15) is 0 Å². The zero-order chi connectivity index (χ0) is 14.4. The van der Waals surface area contributed by atoms with Gasteiger partial charge in [-0.15, -0.1) is 0 Å². The molecule has 4 nitrogen and oxygen atoms in total. The first-order valence-electron chi connectivity index (χ1n) is 7.02. The van der Waals surface area contributed by atoms with Crippen LogP contribution in [0.4, 0.5) is 0 Å². The molecule has 0 saturated carbocycles. The summed E-state index contributed by atoms with van der Waals surface area (Å²) in [6.07, 6.45) is -0.00829. The first-order chi connectivity index (χ1) is 9.74. The van der Waals surface area contributed by atoms with Crippen LogP contribution in [0.1, 0.15) is 19.4 Å². The van der Waals surface area contributed by atoms with Gasteiger partial charge in [0.1, 0.15) is 6.10 Å². The lowest BCUT2D eigenvalue weighted by Crippen LogP contribution is -2.20. The van der Waals surface area contributed by atoms with E-state index in [0.29, 0.717) is 19.1 Å². The normalized spacial score (nSPS) is 12.6. The fourth-order valence-electron chi connectivity index (χ4n) is 2.14. The van der Waals surface area contributed by atoms with Crippen molar-refractivity contribution >= 4 is 10.9 Å². The molecular formula is C16H22N2O2. The Balaban J connectivity index is 2.25. The molecule has 0 aliphatic carbocycles. The Hall–Kier alpha value is -1.65. The predicted molar refractivity (Wildman–Crippen MR) is 81.1 cm³/mol. The fourth-order valence-corrected chi connectivity index (χ4v) is 2.14. The Morgan fingerprint density at radius 1 is 1.30 bits per heavy atom. The van der Waals surface area contributed by atoms with E-state index < -0.39 is 0 Å². The third-order valence-corrected chi connectivity index (χ3v) is 3.02. The number of rotatable bonds is 7. The molecule has 4 heteroatoms. The summed E-state index contributed by atoms with van der Waals surface area (Å²) in [5, 5.41) is 4.34. The number of ether oxygens (including phenoxy) is 2. The summed E-state index contributed by atoms with van der Waals surface area (Å²) in [5.74, 6) is 0.654. The van der Waals surface area contributed by atoms with Gasteiger partial charge >= 0.3 is 0 Å². The summed E-state index contributed by atoms with van der Waals surface area (Å²) in [7, 11) is 1.94. The van der Waals surface area contributed by atoms with E-state index in [1.165, 1.54) is 5.56 Å². The molecular weight excluding hydrogens is 252 g/mol. The molecule has 0 aliphatic rings. The Morgan fingerprint density at radius 3 is 2.85 bits per heavy atom. The molecule has 1 unspecified atom stereocenters. The zero-order valence-corrected chi connectivity index (χ0v) is 12.3. The summed E-state index contributed by atoms with van der Waals surface area (Å²) < 4.78 is 11.2. The van der Waals surface area contributed by atoms with Crippen LogP contribution in [0.3, 0.4) is 0 Å². The maximum Gasteiger partial charge on any atom is 0.214 e. The van der Waals surface area contributed by atoms with Gasteiger partial charge in [-0.1, -0.05) is 18.2 Å². The average molecular weight is 274 g/mol. The molecule has 2 rings (SSSR count). The van der Waals surface area contributed by atoms with Crippen molar-refractivity contribution in [3.05, 3.63) is 35.9 Å². The molecule has 20 heavy (non-hydrogen) atoms. The topological polar surface area (TPSA) is 43.4 Å². The SMILES string of the molecule is CCOCC(C)Oc1cc(CNC)c2ccccc2n1. The highest BCUT2D eigenvalue weighted by Gasteiger charge is 2.09. The highest BCUT2D eigenvalue weighted by atomic mass is 16.5. The van der Waals surface area contributed by atoms with Crippen LogP contribution in [-0.4, -0.2) is 31.3 Å². The summed E-state index contributed by atoms with van der Waals surface area (Å²) in [5.41, 5.74) is 2.15. The third-order valence-electron chi connectivity index (χ3n) is 3.02. The largest absolute Gasteiger partial charge is 0.472 e. The molecule has 0 saturated heterocycles. The number of para-hydroxylation sites is 1. The maximum atomic E-state index is 5.85. The van der Waals surface area contributed by atoms with Crippen LogP contribution in [0.2, 0.25) is 0 Å². The minimum atomic E-state index is -0.00829. The second-order valence-electron chi connectivity index (χ2n) is 4.76. The third kappa shape index (κ3) is 3.68. The molecule has 1 heterocycles. The van der Waals surface area contributed by atoms with Gasteiger partial charge in [0, 0.05) is 24.6 Å². The van der Waals surface area contributed by atoms with Gasteiger partial charge in [0.25, 0.3) is 0 Å². The van der Waals surface area contributed by atoms with Crippen molar-refractivity contribution in [3.63, 3.8) is 0 Å². The molecule has 0 amide bonds. The van der Waals surface area contributed by atoms with Crippen LogP contribution < -0.4 is 10.1 Å². The molecule has 1 aromatic heterocycles. The summed E-state index contributed by atoms with van der Waals surface area (Å²) in [6.45, 7) is 6.03. The van der Waals surface area contributed by atoms with Crippen molar-refractivity contribution in [2.75, 3.05) is 20.3 Å². The minimum Gasteiger partial charge on any atom is -0.472 e. The Kier molecular flexibility index (Phi) is 5.32. The highest BCUT2D eigenvalue weighted by Crippen LogP contribution is 2.22. The zero-order valence-electron chi connectivity index (χ0n) is 12.3. The Morgan fingerprint density at radius 2 is 2.10 bits per heavy atom. The molecule has 0 fully saturated rings. The Labute approximate surface area is 120 Å². The smallest absolute Gasteiger partial charge is 0.214 e. The molecule has 1 aromatic carbocycles. The summed E-state index contributed by atoms with van der Waals surface area (Å²) in [4.78, 5) is 4.56. The predicted octanol–water partition coefficient (Wildman–Crippen LogP) is 2.76. The number of pyridine rings is 1. The fraction of sp³-hybridized carbons (Fsp3) is 0.438. The molecule has 2 aromatic rings. The lowest BCUT2D eigenvalue weighted by atomic mass is 10.1. The van der Waals surface area contributed by atoms with Gasteiger partial charge in [-0.05, 0) is 32.5 Å². The number of aromatic nitrogens is 1. The van der Waals surface area contributed by atoms with Crippen molar-refractivity contribution in [2.24, 2.45) is 0 Å². The van der Waals surface area contributed by atoms with E-state index in [9.17, 15) is 0 Å². The van der Waals surface area contributed by atoms with Gasteiger partial charge in [0.05, 0.1) is 12.1 Å². The molecule has 108 valence electrons. The lowest BCUT2D eigenvalue weighted by molar-refractivity contribution is 0.0635. The number of nitrogens with zero attached hydrogens (tertiary/aromatic N) is 1. The van der Waals surface area contributed by atoms with Gasteiger partial charge in [0.15, 0.2) is 0 Å². The highest BCUT2D eigenvalue weighted by molar-refractivity contribution is 5.82. The van der Waals surface area contributed by atoms with Gasteiger partial charge < -0.3 is 14.8 Å².